The van der Waals surface area contributed by atoms with Gasteiger partial charge in [-0.15, -0.1) is 0 Å². The Kier molecular flexibility index (Phi) is 8.14. The van der Waals surface area contributed by atoms with E-state index in [1.54, 1.807) is 7.11 Å². The van der Waals surface area contributed by atoms with Crippen LogP contribution in [-0.4, -0.2) is 22.6 Å². The molecule has 174 valence electrons. The van der Waals surface area contributed by atoms with Crippen LogP contribution >= 0.6 is 0 Å². The molecular weight excluding hydrogens is 408 g/mol. The number of nitrogen functional groups attached to an aromatic ring is 1. The van der Waals surface area contributed by atoms with Gasteiger partial charge in [0, 0.05) is 18.5 Å². The number of rotatable bonds is 10. The summed E-state index contributed by atoms with van der Waals surface area (Å²) in [6.07, 6.45) is 7.41. The quantitative estimate of drug-likeness (QED) is 0.586. The molecule has 0 aliphatic heterocycles. The number of aromatic nitrogens is 2. The van der Waals surface area contributed by atoms with E-state index in [1.807, 2.05) is 31.2 Å². The summed E-state index contributed by atoms with van der Waals surface area (Å²) in [5.41, 5.74) is 5.91. The molecule has 0 unspecified atom stereocenters. The van der Waals surface area contributed by atoms with Crippen LogP contribution in [0.3, 0.4) is 0 Å². The molecule has 1 saturated carbocycles. The average molecular weight is 443 g/mol. The van der Waals surface area contributed by atoms with Gasteiger partial charge >= 0.3 is 5.69 Å². The molecule has 0 atom stereocenters. The molecule has 8 nitrogen and oxygen atoms in total. The van der Waals surface area contributed by atoms with Crippen LogP contribution in [0, 0.1) is 5.92 Å². The molecular formula is C24H34N4O4. The van der Waals surface area contributed by atoms with E-state index in [0.717, 1.165) is 37.7 Å². The number of H-pyrrole nitrogens is 1. The Hall–Kier alpha value is -3.03. The second kappa shape index (κ2) is 11.0. The second-order valence-corrected chi connectivity index (χ2v) is 8.48. The van der Waals surface area contributed by atoms with Crippen molar-refractivity contribution in [1.82, 2.24) is 9.55 Å². The molecule has 1 aromatic heterocycles. The van der Waals surface area contributed by atoms with Gasteiger partial charge in [-0.1, -0.05) is 57.2 Å². The van der Waals surface area contributed by atoms with Crippen LogP contribution in [0.1, 0.15) is 63.9 Å². The maximum Gasteiger partial charge on any atom is 0.330 e. The molecule has 0 saturated heterocycles. The first kappa shape index (κ1) is 23.6. The lowest BCUT2D eigenvalue weighted by Crippen LogP contribution is -2.41. The topological polar surface area (TPSA) is 110 Å². The van der Waals surface area contributed by atoms with Crippen molar-refractivity contribution in [2.45, 2.75) is 71.4 Å². The number of methoxy groups -OCH3 is 1. The van der Waals surface area contributed by atoms with E-state index in [0.29, 0.717) is 24.6 Å². The van der Waals surface area contributed by atoms with Gasteiger partial charge in [-0.2, -0.15) is 0 Å². The molecule has 0 radical (unpaired) electrons. The number of nitrogens with zero attached hydrogens (tertiary/aromatic N) is 2. The Bertz CT molecular complexity index is 1040. The van der Waals surface area contributed by atoms with Crippen molar-refractivity contribution in [3.05, 3.63) is 50.7 Å². The number of aromatic amines is 1. The number of nitrogens with two attached hydrogens (primary N) is 1. The molecule has 1 aliphatic carbocycles. The minimum Gasteiger partial charge on any atom is -0.496 e. The van der Waals surface area contributed by atoms with Gasteiger partial charge in [-0.25, -0.2) is 4.79 Å². The molecule has 1 heterocycles. The van der Waals surface area contributed by atoms with Gasteiger partial charge < -0.3 is 10.5 Å². The fraction of sp³-hybridized carbons (Fsp3) is 0.542. The zero-order chi connectivity index (χ0) is 23.1. The van der Waals surface area contributed by atoms with E-state index in [4.69, 9.17) is 10.5 Å². The van der Waals surface area contributed by atoms with Crippen molar-refractivity contribution < 1.29 is 9.53 Å². The molecule has 1 aromatic carbocycles. The fourth-order valence-corrected chi connectivity index (χ4v) is 4.43. The van der Waals surface area contributed by atoms with Crippen molar-refractivity contribution in [2.24, 2.45) is 5.92 Å². The van der Waals surface area contributed by atoms with E-state index in [-0.39, 0.29) is 24.0 Å². The first-order valence-corrected chi connectivity index (χ1v) is 11.5. The average Bonchev–Trinajstić information content (AvgIpc) is 3.30. The molecule has 8 heteroatoms. The summed E-state index contributed by atoms with van der Waals surface area (Å²) in [5, 5.41) is 0. The number of hydrogen-bond acceptors (Lipinski definition) is 5. The van der Waals surface area contributed by atoms with E-state index in [9.17, 15) is 14.4 Å². The number of benzene rings is 1. The molecule has 0 spiro atoms. The molecule has 3 N–H and O–H groups in total. The molecule has 0 bridgehead atoms. The molecule has 32 heavy (non-hydrogen) atoms. The molecule has 1 aliphatic rings. The Morgan fingerprint density at radius 2 is 1.97 bits per heavy atom. The summed E-state index contributed by atoms with van der Waals surface area (Å²) in [7, 11) is 1.57. The first-order chi connectivity index (χ1) is 15.5. The van der Waals surface area contributed by atoms with E-state index < -0.39 is 11.2 Å². The predicted octanol–water partition coefficient (Wildman–Crippen LogP) is 3.43. The monoisotopic (exact) mass is 442 g/mol. The number of anilines is 2. The van der Waals surface area contributed by atoms with Crippen LogP contribution in [0.4, 0.5) is 11.5 Å². The van der Waals surface area contributed by atoms with Crippen molar-refractivity contribution in [1.29, 1.82) is 0 Å². The maximum absolute atomic E-state index is 13.4. The van der Waals surface area contributed by atoms with Crippen molar-refractivity contribution >= 4 is 17.4 Å². The summed E-state index contributed by atoms with van der Waals surface area (Å²) in [5.74, 6) is 1.01. The number of ether oxygens (including phenoxy) is 1. The third-order valence-corrected chi connectivity index (χ3v) is 6.28. The van der Waals surface area contributed by atoms with Gasteiger partial charge in [0.15, 0.2) is 5.69 Å². The van der Waals surface area contributed by atoms with Crippen LogP contribution < -0.4 is 26.6 Å². The van der Waals surface area contributed by atoms with Crippen molar-refractivity contribution in [2.75, 3.05) is 17.7 Å². The third kappa shape index (κ3) is 5.41. The van der Waals surface area contributed by atoms with E-state index in [1.165, 1.54) is 22.3 Å². The van der Waals surface area contributed by atoms with Gasteiger partial charge in [0.25, 0.3) is 5.56 Å². The lowest BCUT2D eigenvalue weighted by molar-refractivity contribution is -0.119. The van der Waals surface area contributed by atoms with Gasteiger partial charge in [-0.05, 0) is 24.8 Å². The smallest absolute Gasteiger partial charge is 0.330 e. The highest BCUT2D eigenvalue weighted by Crippen LogP contribution is 2.30. The van der Waals surface area contributed by atoms with Crippen LogP contribution in [-0.2, 0) is 17.9 Å². The van der Waals surface area contributed by atoms with Crippen LogP contribution in [0.15, 0.2) is 33.9 Å². The van der Waals surface area contributed by atoms with Gasteiger partial charge in [0.2, 0.25) is 5.91 Å². The third-order valence-electron chi connectivity index (χ3n) is 6.28. The van der Waals surface area contributed by atoms with Gasteiger partial charge in [0.1, 0.15) is 11.6 Å². The molecule has 3 rings (SSSR count). The Morgan fingerprint density at radius 1 is 1.25 bits per heavy atom. The Balaban J connectivity index is 2.00. The highest BCUT2D eigenvalue weighted by Gasteiger charge is 2.26. The summed E-state index contributed by atoms with van der Waals surface area (Å²) in [4.78, 5) is 42.4. The summed E-state index contributed by atoms with van der Waals surface area (Å²) < 4.78 is 6.80. The van der Waals surface area contributed by atoms with E-state index >= 15 is 0 Å². The highest BCUT2D eigenvalue weighted by molar-refractivity contribution is 5.95. The van der Waals surface area contributed by atoms with Gasteiger partial charge in [0.05, 0.1) is 13.7 Å². The van der Waals surface area contributed by atoms with Crippen LogP contribution in [0.25, 0.3) is 0 Å². The summed E-state index contributed by atoms with van der Waals surface area (Å²) in [6, 6.07) is 7.37. The van der Waals surface area contributed by atoms with Crippen molar-refractivity contribution in [3.8, 4) is 5.75 Å². The number of carbonyl (C=O) groups excluding carboxylic acids is 1. The van der Waals surface area contributed by atoms with Crippen LogP contribution in [0.5, 0.6) is 5.75 Å². The summed E-state index contributed by atoms with van der Waals surface area (Å²) in [6.45, 7) is 2.52. The summed E-state index contributed by atoms with van der Waals surface area (Å²) >= 11 is 0. The van der Waals surface area contributed by atoms with Crippen molar-refractivity contribution in [3.63, 3.8) is 0 Å². The fourth-order valence-electron chi connectivity index (χ4n) is 4.43. The molecule has 1 fully saturated rings. The molecule has 1 amide bonds. The minimum absolute atomic E-state index is 0.0244. The van der Waals surface area contributed by atoms with Gasteiger partial charge in [-0.3, -0.25) is 24.0 Å². The van der Waals surface area contributed by atoms with E-state index in [2.05, 4.69) is 4.98 Å². The number of amides is 1. The molecule has 2 aromatic rings. The standard InChI is InChI=1S/C24H34N4O4/c1-3-4-15-27-22(25)21(23(30)26-24(27)31)28(16-18-11-7-8-12-19(18)32-2)20(29)14-13-17-9-5-6-10-17/h7-8,11-12,17H,3-6,9-10,13-16,25H2,1-2H3,(H,26,30,31). The number of para-hydroxylation sites is 1. The lowest BCUT2D eigenvalue weighted by Gasteiger charge is -2.26. The minimum atomic E-state index is -0.649. The number of nitrogens with one attached hydrogen (secondary N) is 1. The highest BCUT2D eigenvalue weighted by atomic mass is 16.5. The second-order valence-electron chi connectivity index (χ2n) is 8.48. The Labute approximate surface area is 188 Å². The zero-order valence-electron chi connectivity index (χ0n) is 19.1. The van der Waals surface area contributed by atoms with Crippen LogP contribution in [0.2, 0.25) is 0 Å². The number of hydrogen-bond donors (Lipinski definition) is 2. The predicted molar refractivity (Wildman–Crippen MR) is 126 cm³/mol. The largest absolute Gasteiger partial charge is 0.496 e. The number of unbranched alkanes of at least 4 members (excludes halogenated alkanes) is 1. The first-order valence-electron chi connectivity index (χ1n) is 11.5. The lowest BCUT2D eigenvalue weighted by atomic mass is 10.0. The maximum atomic E-state index is 13.4. The SMILES string of the molecule is CCCCn1c(N)c(N(Cc2ccccc2OC)C(=O)CCC2CCCC2)c(=O)[nH]c1=O. The normalized spacial score (nSPS) is 13.9. The number of carbonyl (C=O) groups is 1. The Morgan fingerprint density at radius 3 is 2.66 bits per heavy atom. The zero-order valence-corrected chi connectivity index (χ0v) is 19.1.